The van der Waals surface area contributed by atoms with Crippen LogP contribution in [-0.4, -0.2) is 15.5 Å². The summed E-state index contributed by atoms with van der Waals surface area (Å²) in [7, 11) is -1.95. The molecule has 0 radical (unpaired) electrons. The molecule has 0 fully saturated rings. The van der Waals surface area contributed by atoms with Crippen molar-refractivity contribution in [3.05, 3.63) is 20.8 Å². The molecular formula is C6H9BrN2O2S2. The van der Waals surface area contributed by atoms with Crippen molar-refractivity contribution in [1.82, 2.24) is 9.44 Å². The maximum absolute atomic E-state index is 11.0. The normalized spacial score (nSPS) is 11.8. The van der Waals surface area contributed by atoms with Gasteiger partial charge in [-0.25, -0.2) is 4.72 Å². The van der Waals surface area contributed by atoms with Gasteiger partial charge in [-0.15, -0.1) is 11.3 Å². The summed E-state index contributed by atoms with van der Waals surface area (Å²) in [5, 5.41) is 0. The van der Waals surface area contributed by atoms with E-state index in [2.05, 4.69) is 25.4 Å². The quantitative estimate of drug-likeness (QED) is 0.869. The Morgan fingerprint density at radius 3 is 2.69 bits per heavy atom. The highest BCUT2D eigenvalue weighted by Crippen LogP contribution is 2.21. The lowest BCUT2D eigenvalue weighted by Gasteiger charge is -2.01. The molecule has 74 valence electrons. The third kappa shape index (κ3) is 3.74. The summed E-state index contributed by atoms with van der Waals surface area (Å²) in [5.74, 6) is 0. The van der Waals surface area contributed by atoms with Gasteiger partial charge < -0.3 is 0 Å². The second-order valence-electron chi connectivity index (χ2n) is 2.23. The third-order valence-corrected chi connectivity index (χ3v) is 4.02. The molecule has 1 aromatic rings. The van der Waals surface area contributed by atoms with E-state index in [9.17, 15) is 8.42 Å². The zero-order chi connectivity index (χ0) is 9.90. The van der Waals surface area contributed by atoms with Gasteiger partial charge in [0.05, 0.1) is 3.79 Å². The van der Waals surface area contributed by atoms with Crippen LogP contribution in [-0.2, 0) is 16.8 Å². The molecule has 4 nitrogen and oxygen atoms in total. The number of hydrogen-bond donors (Lipinski definition) is 2. The van der Waals surface area contributed by atoms with E-state index in [-0.39, 0.29) is 0 Å². The van der Waals surface area contributed by atoms with Crippen LogP contribution in [0.25, 0.3) is 0 Å². The standard InChI is InChI=1S/C6H9BrN2O2S2/c1-8-13(10,11)9-4-5-2-3-6(7)12-5/h2-3,8-9H,4H2,1H3. The Morgan fingerprint density at radius 2 is 2.23 bits per heavy atom. The first kappa shape index (κ1) is 11.1. The third-order valence-electron chi connectivity index (χ3n) is 1.33. The Balaban J connectivity index is 2.53. The van der Waals surface area contributed by atoms with Gasteiger partial charge in [-0.05, 0) is 28.1 Å². The SMILES string of the molecule is CNS(=O)(=O)NCc1ccc(Br)s1. The van der Waals surface area contributed by atoms with E-state index >= 15 is 0 Å². The largest absolute Gasteiger partial charge is 0.276 e. The van der Waals surface area contributed by atoms with Gasteiger partial charge in [0.1, 0.15) is 0 Å². The molecule has 1 aromatic heterocycles. The van der Waals surface area contributed by atoms with E-state index in [1.165, 1.54) is 18.4 Å². The van der Waals surface area contributed by atoms with Crippen LogP contribution in [0, 0.1) is 0 Å². The van der Waals surface area contributed by atoms with Crippen molar-refractivity contribution in [2.24, 2.45) is 0 Å². The molecule has 0 aliphatic carbocycles. The summed E-state index contributed by atoms with van der Waals surface area (Å²) in [6.07, 6.45) is 0. The second kappa shape index (κ2) is 4.52. The highest BCUT2D eigenvalue weighted by Gasteiger charge is 2.05. The van der Waals surface area contributed by atoms with Crippen LogP contribution >= 0.6 is 27.3 Å². The van der Waals surface area contributed by atoms with E-state index in [0.717, 1.165) is 8.66 Å². The summed E-state index contributed by atoms with van der Waals surface area (Å²) in [5.41, 5.74) is 0. The summed E-state index contributed by atoms with van der Waals surface area (Å²) < 4.78 is 27.5. The first-order valence-electron chi connectivity index (χ1n) is 3.46. The Kier molecular flexibility index (Phi) is 3.87. The van der Waals surface area contributed by atoms with Crippen LogP contribution in [0.5, 0.6) is 0 Å². The lowest BCUT2D eigenvalue weighted by atomic mass is 10.5. The van der Waals surface area contributed by atoms with Gasteiger partial charge in [-0.2, -0.15) is 13.1 Å². The van der Waals surface area contributed by atoms with Crippen LogP contribution in [0.2, 0.25) is 0 Å². The van der Waals surface area contributed by atoms with Crippen molar-refractivity contribution in [2.45, 2.75) is 6.54 Å². The molecular weight excluding hydrogens is 276 g/mol. The zero-order valence-corrected chi connectivity index (χ0v) is 10.1. The number of rotatable bonds is 4. The van der Waals surface area contributed by atoms with Crippen molar-refractivity contribution in [1.29, 1.82) is 0 Å². The van der Waals surface area contributed by atoms with Gasteiger partial charge in [0.15, 0.2) is 0 Å². The molecule has 0 aliphatic heterocycles. The van der Waals surface area contributed by atoms with Crippen molar-refractivity contribution < 1.29 is 8.42 Å². The van der Waals surface area contributed by atoms with Gasteiger partial charge in [0.25, 0.3) is 10.2 Å². The molecule has 0 unspecified atom stereocenters. The van der Waals surface area contributed by atoms with Gasteiger partial charge in [0, 0.05) is 18.5 Å². The monoisotopic (exact) mass is 284 g/mol. The molecule has 0 spiro atoms. The highest BCUT2D eigenvalue weighted by molar-refractivity contribution is 9.11. The first-order valence-corrected chi connectivity index (χ1v) is 6.55. The molecule has 0 saturated heterocycles. The zero-order valence-electron chi connectivity index (χ0n) is 6.87. The second-order valence-corrected chi connectivity index (χ2v) is 6.49. The van der Waals surface area contributed by atoms with E-state index < -0.39 is 10.2 Å². The molecule has 0 amide bonds. The van der Waals surface area contributed by atoms with Crippen LogP contribution in [0.3, 0.4) is 0 Å². The number of nitrogens with one attached hydrogen (secondary N) is 2. The fourth-order valence-electron chi connectivity index (χ4n) is 0.685. The van der Waals surface area contributed by atoms with Gasteiger partial charge in [0.2, 0.25) is 0 Å². The van der Waals surface area contributed by atoms with Crippen molar-refractivity contribution in [2.75, 3.05) is 7.05 Å². The van der Waals surface area contributed by atoms with E-state index in [4.69, 9.17) is 0 Å². The molecule has 0 bridgehead atoms. The van der Waals surface area contributed by atoms with Crippen LogP contribution in [0.1, 0.15) is 4.88 Å². The predicted molar refractivity (Wildman–Crippen MR) is 56.8 cm³/mol. The molecule has 0 saturated carbocycles. The van der Waals surface area contributed by atoms with Crippen molar-refractivity contribution >= 4 is 37.5 Å². The molecule has 0 atom stereocenters. The maximum atomic E-state index is 11.0. The summed E-state index contributed by atoms with van der Waals surface area (Å²) >= 11 is 4.80. The average molecular weight is 285 g/mol. The lowest BCUT2D eigenvalue weighted by molar-refractivity contribution is 0.573. The number of thiophene rings is 1. The average Bonchev–Trinajstić information content (AvgIpc) is 2.48. The molecule has 1 rings (SSSR count). The fourth-order valence-corrected chi connectivity index (χ4v) is 2.69. The fraction of sp³-hybridized carbons (Fsp3) is 0.333. The van der Waals surface area contributed by atoms with Gasteiger partial charge in [-0.3, -0.25) is 0 Å². The number of halogens is 1. The highest BCUT2D eigenvalue weighted by atomic mass is 79.9. The molecule has 0 aromatic carbocycles. The minimum atomic E-state index is -3.32. The summed E-state index contributed by atoms with van der Waals surface area (Å²) in [6.45, 7) is 0.319. The van der Waals surface area contributed by atoms with E-state index in [1.807, 2.05) is 12.1 Å². The molecule has 1 heterocycles. The molecule has 2 N–H and O–H groups in total. The molecule has 13 heavy (non-hydrogen) atoms. The van der Waals surface area contributed by atoms with Crippen molar-refractivity contribution in [3.8, 4) is 0 Å². The van der Waals surface area contributed by atoms with Gasteiger partial charge in [-0.1, -0.05) is 0 Å². The van der Waals surface area contributed by atoms with Gasteiger partial charge >= 0.3 is 0 Å². The van der Waals surface area contributed by atoms with Crippen LogP contribution < -0.4 is 9.44 Å². The van der Waals surface area contributed by atoms with Crippen LogP contribution in [0.15, 0.2) is 15.9 Å². The smallest absolute Gasteiger partial charge is 0.205 e. The molecule has 7 heteroatoms. The summed E-state index contributed by atoms with van der Waals surface area (Å²) in [4.78, 5) is 0.964. The predicted octanol–water partition coefficient (Wildman–Crippen LogP) is 1.06. The topological polar surface area (TPSA) is 58.2 Å². The first-order chi connectivity index (χ1) is 6.03. The minimum Gasteiger partial charge on any atom is -0.205 e. The Hall–Kier alpha value is 0.0500. The van der Waals surface area contributed by atoms with E-state index in [1.54, 1.807) is 0 Å². The molecule has 0 aliphatic rings. The summed E-state index contributed by atoms with van der Waals surface area (Å²) in [6, 6.07) is 3.75. The Morgan fingerprint density at radius 1 is 1.54 bits per heavy atom. The minimum absolute atomic E-state index is 0.319. The Bertz CT molecular complexity index is 374. The maximum Gasteiger partial charge on any atom is 0.276 e. The van der Waals surface area contributed by atoms with E-state index in [0.29, 0.717) is 6.54 Å². The number of hydrogen-bond acceptors (Lipinski definition) is 3. The van der Waals surface area contributed by atoms with Crippen LogP contribution in [0.4, 0.5) is 0 Å². The Labute approximate surface area is 89.7 Å². The lowest BCUT2D eigenvalue weighted by Crippen LogP contribution is -2.33. The van der Waals surface area contributed by atoms with Crippen molar-refractivity contribution in [3.63, 3.8) is 0 Å².